The first-order valence-corrected chi connectivity index (χ1v) is 10.0. The topological polar surface area (TPSA) is 21.7 Å². The molecule has 0 amide bonds. The van der Waals surface area contributed by atoms with Gasteiger partial charge in [-0.3, -0.25) is 0 Å². The highest BCUT2D eigenvalue weighted by Gasteiger charge is 2.51. The van der Waals surface area contributed by atoms with Gasteiger partial charge < -0.3 is 14.2 Å². The van der Waals surface area contributed by atoms with Gasteiger partial charge in [-0.2, -0.15) is 0 Å². The van der Waals surface area contributed by atoms with Crippen molar-refractivity contribution in [2.24, 2.45) is 0 Å². The van der Waals surface area contributed by atoms with Gasteiger partial charge >= 0.3 is 7.12 Å². The van der Waals surface area contributed by atoms with E-state index in [1.165, 1.54) is 5.69 Å². The molecule has 0 saturated carbocycles. The highest BCUT2D eigenvalue weighted by molar-refractivity contribution is 6.62. The first-order chi connectivity index (χ1) is 13.4. The molecule has 3 nitrogen and oxygen atoms in total. The Morgan fingerprint density at radius 2 is 1.43 bits per heavy atom. The Kier molecular flexibility index (Phi) is 4.94. The molecule has 0 N–H and O–H groups in total. The van der Waals surface area contributed by atoms with Gasteiger partial charge in [-0.1, -0.05) is 54.6 Å². The first-order valence-electron chi connectivity index (χ1n) is 10.0. The Morgan fingerprint density at radius 1 is 0.821 bits per heavy atom. The zero-order chi connectivity index (χ0) is 19.8. The molecule has 1 aliphatic carbocycles. The molecule has 1 unspecified atom stereocenters. The lowest BCUT2D eigenvalue weighted by Gasteiger charge is -2.32. The molecule has 0 aromatic heterocycles. The van der Waals surface area contributed by atoms with E-state index in [-0.39, 0.29) is 18.3 Å². The second kappa shape index (κ2) is 7.27. The summed E-state index contributed by atoms with van der Waals surface area (Å²) in [4.78, 5) is 2.38. The van der Waals surface area contributed by atoms with Gasteiger partial charge in [0.2, 0.25) is 0 Å². The van der Waals surface area contributed by atoms with Crippen LogP contribution in [0.2, 0.25) is 0 Å². The number of rotatable bonds is 4. The lowest BCUT2D eigenvalue weighted by molar-refractivity contribution is 0.00578. The van der Waals surface area contributed by atoms with E-state index in [4.69, 9.17) is 9.31 Å². The van der Waals surface area contributed by atoms with Crippen molar-refractivity contribution in [3.63, 3.8) is 0 Å². The van der Waals surface area contributed by atoms with E-state index in [1.807, 2.05) is 0 Å². The summed E-state index contributed by atoms with van der Waals surface area (Å²) < 4.78 is 12.4. The molecule has 1 aliphatic heterocycles. The molecule has 0 bridgehead atoms. The van der Waals surface area contributed by atoms with Crippen LogP contribution in [0.25, 0.3) is 0 Å². The van der Waals surface area contributed by atoms with Crippen LogP contribution >= 0.6 is 0 Å². The number of hydrogen-bond donors (Lipinski definition) is 0. The quantitative estimate of drug-likeness (QED) is 0.704. The maximum absolute atomic E-state index is 6.20. The highest BCUT2D eigenvalue weighted by Crippen LogP contribution is 2.37. The summed E-state index contributed by atoms with van der Waals surface area (Å²) >= 11 is 0. The van der Waals surface area contributed by atoms with Crippen LogP contribution in [0.5, 0.6) is 0 Å². The zero-order valence-electron chi connectivity index (χ0n) is 17.1. The fraction of sp³-hybridized carbons (Fsp3) is 0.333. The van der Waals surface area contributed by atoms with E-state index in [2.05, 4.69) is 111 Å². The van der Waals surface area contributed by atoms with Gasteiger partial charge in [0.15, 0.2) is 0 Å². The van der Waals surface area contributed by atoms with E-state index in [1.54, 1.807) is 0 Å². The number of hydrogen-bond acceptors (Lipinski definition) is 3. The largest absolute Gasteiger partial charge is 0.494 e. The third kappa shape index (κ3) is 3.55. The van der Waals surface area contributed by atoms with Crippen LogP contribution in [0.3, 0.4) is 0 Å². The summed E-state index contributed by atoms with van der Waals surface area (Å²) in [5.74, 6) is 0. The number of nitrogens with zero attached hydrogens (tertiary/aromatic N) is 1. The molecule has 2 aromatic carbocycles. The van der Waals surface area contributed by atoms with Gasteiger partial charge in [0, 0.05) is 11.4 Å². The van der Waals surface area contributed by atoms with Crippen LogP contribution in [0.1, 0.15) is 34.1 Å². The predicted octanol–water partition coefficient (Wildman–Crippen LogP) is 5.01. The Morgan fingerprint density at radius 3 is 2.00 bits per heavy atom. The molecule has 28 heavy (non-hydrogen) atoms. The molecule has 1 heterocycles. The maximum atomic E-state index is 6.20. The van der Waals surface area contributed by atoms with Gasteiger partial charge in [-0.25, -0.2) is 0 Å². The van der Waals surface area contributed by atoms with Crippen LogP contribution < -0.4 is 10.4 Å². The molecule has 0 spiro atoms. The van der Waals surface area contributed by atoms with Crippen LogP contribution in [0.4, 0.5) is 11.4 Å². The minimum Gasteiger partial charge on any atom is -0.399 e. The van der Waals surface area contributed by atoms with Gasteiger partial charge in [-0.05, 0) is 63.8 Å². The minimum atomic E-state index is -0.332. The van der Waals surface area contributed by atoms with E-state index in [9.17, 15) is 0 Å². The Hall–Kier alpha value is -2.30. The number of anilines is 2. The van der Waals surface area contributed by atoms with Crippen LogP contribution in [-0.4, -0.2) is 24.4 Å². The molecular weight excluding hydrogens is 345 g/mol. The summed E-state index contributed by atoms with van der Waals surface area (Å²) in [7, 11) is -0.332. The molecule has 1 fully saturated rings. The molecule has 2 aliphatic rings. The summed E-state index contributed by atoms with van der Waals surface area (Å²) in [6.45, 7) is 8.34. The molecule has 1 saturated heterocycles. The summed E-state index contributed by atoms with van der Waals surface area (Å²) in [5, 5.41) is 0. The van der Waals surface area contributed by atoms with Gasteiger partial charge in [-0.15, -0.1) is 0 Å². The summed E-state index contributed by atoms with van der Waals surface area (Å²) in [6.07, 6.45) is 9.71. The zero-order valence-corrected chi connectivity index (χ0v) is 17.1. The molecule has 0 radical (unpaired) electrons. The lowest BCUT2D eigenvalue weighted by Crippen LogP contribution is -2.41. The van der Waals surface area contributed by atoms with Gasteiger partial charge in [0.25, 0.3) is 0 Å². The van der Waals surface area contributed by atoms with Crippen molar-refractivity contribution >= 4 is 24.0 Å². The van der Waals surface area contributed by atoms with E-state index in [0.29, 0.717) is 6.04 Å². The predicted molar refractivity (Wildman–Crippen MR) is 117 cm³/mol. The van der Waals surface area contributed by atoms with Crippen LogP contribution in [-0.2, 0) is 9.31 Å². The second-order valence-corrected chi connectivity index (χ2v) is 8.50. The lowest BCUT2D eigenvalue weighted by atomic mass is 9.79. The number of para-hydroxylation sites is 1. The highest BCUT2D eigenvalue weighted by atomic mass is 16.7. The SMILES string of the molecule is CC1(C)OB(c2ccc(N(c3ccccc3)C3C=CC=CC3)cc2)OC1(C)C. The Labute approximate surface area is 168 Å². The number of benzene rings is 2. The van der Waals surface area contributed by atoms with Crippen LogP contribution in [0.15, 0.2) is 78.9 Å². The third-order valence-electron chi connectivity index (χ3n) is 6.02. The summed E-state index contributed by atoms with van der Waals surface area (Å²) in [6, 6.07) is 19.4. The minimum absolute atomic E-state index is 0.301. The third-order valence-corrected chi connectivity index (χ3v) is 6.02. The second-order valence-electron chi connectivity index (χ2n) is 8.50. The van der Waals surface area contributed by atoms with Crippen LogP contribution in [0, 0.1) is 0 Å². The monoisotopic (exact) mass is 373 g/mol. The van der Waals surface area contributed by atoms with Crippen molar-refractivity contribution in [2.75, 3.05) is 4.90 Å². The molecule has 1 atom stereocenters. The Balaban J connectivity index is 1.62. The fourth-order valence-corrected chi connectivity index (χ4v) is 3.65. The smallest absolute Gasteiger partial charge is 0.399 e. The first kappa shape index (κ1) is 19.0. The van der Waals surface area contributed by atoms with E-state index in [0.717, 1.165) is 17.6 Å². The van der Waals surface area contributed by atoms with Crippen molar-refractivity contribution in [1.29, 1.82) is 0 Å². The van der Waals surface area contributed by atoms with Gasteiger partial charge in [0.1, 0.15) is 0 Å². The average molecular weight is 373 g/mol. The molecule has 4 rings (SSSR count). The fourth-order valence-electron chi connectivity index (χ4n) is 3.65. The standard InChI is InChI=1S/C24H28BNO2/c1-23(2)24(3,4)28-25(27-23)19-15-17-22(18-16-19)26(20-11-7-5-8-12-20)21-13-9-6-10-14-21/h5-13,15-18,21H,14H2,1-4H3. The van der Waals surface area contributed by atoms with Crippen molar-refractivity contribution in [2.45, 2.75) is 51.4 Å². The van der Waals surface area contributed by atoms with Crippen molar-refractivity contribution < 1.29 is 9.31 Å². The van der Waals surface area contributed by atoms with Crippen molar-refractivity contribution in [3.05, 3.63) is 78.9 Å². The molecule has 144 valence electrons. The Bertz CT molecular complexity index is 855. The maximum Gasteiger partial charge on any atom is 0.494 e. The van der Waals surface area contributed by atoms with Crippen molar-refractivity contribution in [3.8, 4) is 0 Å². The van der Waals surface area contributed by atoms with Crippen molar-refractivity contribution in [1.82, 2.24) is 0 Å². The molecule has 2 aromatic rings. The molecular formula is C24H28BNO2. The van der Waals surface area contributed by atoms with E-state index < -0.39 is 0 Å². The van der Waals surface area contributed by atoms with E-state index >= 15 is 0 Å². The number of allylic oxidation sites excluding steroid dienone is 2. The summed E-state index contributed by atoms with van der Waals surface area (Å²) in [5.41, 5.74) is 2.75. The average Bonchev–Trinajstić information content (AvgIpc) is 2.92. The molecule has 4 heteroatoms. The van der Waals surface area contributed by atoms with Gasteiger partial charge in [0.05, 0.1) is 17.2 Å². The normalized spacial score (nSPS) is 22.4.